The smallest absolute Gasteiger partial charge is 0.0956 e. The minimum atomic E-state index is -0.150. The largest absolute Gasteiger partial charge is 0.512 e. The third-order valence-electron chi connectivity index (χ3n) is 2.56. The Bertz CT molecular complexity index is 277. The van der Waals surface area contributed by atoms with Crippen LogP contribution >= 0.6 is 0 Å². The molecule has 0 aromatic heterocycles. The lowest BCUT2D eigenvalue weighted by molar-refractivity contribution is 0.342. The van der Waals surface area contributed by atoms with Gasteiger partial charge in [0.25, 0.3) is 0 Å². The molecule has 1 fully saturated rings. The van der Waals surface area contributed by atoms with Crippen molar-refractivity contribution < 1.29 is 5.11 Å². The van der Waals surface area contributed by atoms with Crippen LogP contribution in [0.15, 0.2) is 36.3 Å². The maximum absolute atomic E-state index is 9.25. The standard InChI is InChI=1S/C9H11NO/c1-6(11)9-3-2-8(10)4-7(9)5-9/h2-4,7,11H,1,5,10H2. The molecule has 2 atom stereocenters. The van der Waals surface area contributed by atoms with Crippen molar-refractivity contribution in [1.29, 1.82) is 0 Å². The first-order chi connectivity index (χ1) is 5.15. The summed E-state index contributed by atoms with van der Waals surface area (Å²) in [6, 6.07) is 0. The summed E-state index contributed by atoms with van der Waals surface area (Å²) in [6.07, 6.45) is 6.74. The molecular weight excluding hydrogens is 138 g/mol. The minimum absolute atomic E-state index is 0.150. The Morgan fingerprint density at radius 3 is 3.09 bits per heavy atom. The van der Waals surface area contributed by atoms with Crippen molar-refractivity contribution in [2.24, 2.45) is 17.1 Å². The molecule has 58 valence electrons. The van der Waals surface area contributed by atoms with E-state index in [0.717, 1.165) is 12.1 Å². The summed E-state index contributed by atoms with van der Waals surface area (Å²) < 4.78 is 0. The Morgan fingerprint density at radius 1 is 1.82 bits per heavy atom. The van der Waals surface area contributed by atoms with Gasteiger partial charge in [-0.2, -0.15) is 0 Å². The van der Waals surface area contributed by atoms with Crippen molar-refractivity contribution in [3.63, 3.8) is 0 Å². The van der Waals surface area contributed by atoms with Crippen LogP contribution in [0.1, 0.15) is 6.42 Å². The molecule has 0 spiro atoms. The fourth-order valence-electron chi connectivity index (χ4n) is 1.67. The SMILES string of the molecule is C=C(O)C12C=CC(N)=CC1C2. The first-order valence-electron chi connectivity index (χ1n) is 3.70. The van der Waals surface area contributed by atoms with Gasteiger partial charge in [-0.15, -0.1) is 0 Å². The molecule has 2 aliphatic carbocycles. The van der Waals surface area contributed by atoms with Gasteiger partial charge in [0.1, 0.15) is 0 Å². The molecule has 3 N–H and O–H groups in total. The first-order valence-corrected chi connectivity index (χ1v) is 3.70. The fourth-order valence-corrected chi connectivity index (χ4v) is 1.67. The van der Waals surface area contributed by atoms with Gasteiger partial charge in [-0.3, -0.25) is 0 Å². The summed E-state index contributed by atoms with van der Waals surface area (Å²) >= 11 is 0. The van der Waals surface area contributed by atoms with Gasteiger partial charge in [0.2, 0.25) is 0 Å². The summed E-state index contributed by atoms with van der Waals surface area (Å²) in [5, 5.41) is 9.25. The average Bonchev–Trinajstić information content (AvgIpc) is 2.62. The van der Waals surface area contributed by atoms with Gasteiger partial charge >= 0.3 is 0 Å². The zero-order valence-corrected chi connectivity index (χ0v) is 6.25. The number of aliphatic hydroxyl groups is 1. The number of hydrogen-bond donors (Lipinski definition) is 2. The monoisotopic (exact) mass is 149 g/mol. The molecule has 1 saturated carbocycles. The number of rotatable bonds is 1. The molecule has 2 rings (SSSR count). The molecule has 2 nitrogen and oxygen atoms in total. The predicted octanol–water partition coefficient (Wildman–Crippen LogP) is 1.48. The molecule has 0 saturated heterocycles. The number of fused-ring (bicyclic) bond motifs is 1. The van der Waals surface area contributed by atoms with Crippen molar-refractivity contribution >= 4 is 0 Å². The van der Waals surface area contributed by atoms with E-state index in [1.54, 1.807) is 0 Å². The summed E-state index contributed by atoms with van der Waals surface area (Å²) in [7, 11) is 0. The summed E-state index contributed by atoms with van der Waals surface area (Å²) in [5.74, 6) is 0.660. The maximum Gasteiger partial charge on any atom is 0.0956 e. The van der Waals surface area contributed by atoms with E-state index in [2.05, 4.69) is 6.58 Å². The van der Waals surface area contributed by atoms with Crippen LogP contribution in [-0.2, 0) is 0 Å². The Balaban J connectivity index is 2.30. The molecule has 11 heavy (non-hydrogen) atoms. The highest BCUT2D eigenvalue weighted by Crippen LogP contribution is 2.60. The van der Waals surface area contributed by atoms with E-state index in [9.17, 15) is 5.11 Å². The van der Waals surface area contributed by atoms with E-state index in [1.165, 1.54) is 0 Å². The molecule has 0 amide bonds. The van der Waals surface area contributed by atoms with Crippen LogP contribution in [0.4, 0.5) is 0 Å². The van der Waals surface area contributed by atoms with Gasteiger partial charge in [0.05, 0.1) is 11.2 Å². The molecule has 2 aliphatic rings. The summed E-state index contributed by atoms with van der Waals surface area (Å²) in [6.45, 7) is 3.55. The highest BCUT2D eigenvalue weighted by molar-refractivity contribution is 5.39. The topological polar surface area (TPSA) is 46.2 Å². The van der Waals surface area contributed by atoms with Crippen LogP contribution in [0.3, 0.4) is 0 Å². The highest BCUT2D eigenvalue weighted by Gasteiger charge is 2.54. The first kappa shape index (κ1) is 6.53. The Labute approximate surface area is 65.7 Å². The fraction of sp³-hybridized carbons (Fsp3) is 0.333. The number of hydrogen-bond acceptors (Lipinski definition) is 2. The molecule has 0 aromatic rings. The Kier molecular flexibility index (Phi) is 1.01. The van der Waals surface area contributed by atoms with Crippen molar-refractivity contribution in [3.05, 3.63) is 36.3 Å². The lowest BCUT2D eigenvalue weighted by Gasteiger charge is -2.12. The minimum Gasteiger partial charge on any atom is -0.512 e. The van der Waals surface area contributed by atoms with Gasteiger partial charge in [-0.1, -0.05) is 18.7 Å². The van der Waals surface area contributed by atoms with Crippen LogP contribution in [0.2, 0.25) is 0 Å². The van der Waals surface area contributed by atoms with Gasteiger partial charge in [0, 0.05) is 5.70 Å². The molecule has 0 bridgehead atoms. The maximum atomic E-state index is 9.25. The average molecular weight is 149 g/mol. The highest BCUT2D eigenvalue weighted by atomic mass is 16.3. The normalized spacial score (nSPS) is 39.3. The van der Waals surface area contributed by atoms with E-state index >= 15 is 0 Å². The second-order valence-electron chi connectivity index (χ2n) is 3.30. The van der Waals surface area contributed by atoms with Crippen LogP contribution < -0.4 is 5.73 Å². The van der Waals surface area contributed by atoms with Gasteiger partial charge < -0.3 is 10.8 Å². The quantitative estimate of drug-likeness (QED) is 0.555. The lowest BCUT2D eigenvalue weighted by Crippen LogP contribution is -2.08. The molecule has 0 aromatic carbocycles. The molecule has 0 aliphatic heterocycles. The summed E-state index contributed by atoms with van der Waals surface area (Å²) in [4.78, 5) is 0. The van der Waals surface area contributed by atoms with Gasteiger partial charge in [-0.05, 0) is 18.4 Å². The van der Waals surface area contributed by atoms with Crippen LogP contribution in [0.5, 0.6) is 0 Å². The van der Waals surface area contributed by atoms with Gasteiger partial charge in [0.15, 0.2) is 0 Å². The van der Waals surface area contributed by atoms with E-state index in [4.69, 9.17) is 5.73 Å². The van der Waals surface area contributed by atoms with E-state index in [-0.39, 0.29) is 11.2 Å². The number of allylic oxidation sites excluding steroid dienone is 3. The van der Waals surface area contributed by atoms with E-state index in [0.29, 0.717) is 5.92 Å². The third kappa shape index (κ3) is 0.723. The van der Waals surface area contributed by atoms with Crippen molar-refractivity contribution in [2.75, 3.05) is 0 Å². The van der Waals surface area contributed by atoms with Crippen molar-refractivity contribution in [1.82, 2.24) is 0 Å². The molecular formula is C9H11NO. The van der Waals surface area contributed by atoms with Crippen molar-refractivity contribution in [3.8, 4) is 0 Å². The number of aliphatic hydroxyl groups excluding tert-OH is 1. The van der Waals surface area contributed by atoms with Crippen LogP contribution in [-0.4, -0.2) is 5.11 Å². The van der Waals surface area contributed by atoms with E-state index in [1.807, 2.05) is 18.2 Å². The summed E-state index contributed by atoms with van der Waals surface area (Å²) in [5.41, 5.74) is 6.22. The molecule has 0 heterocycles. The Morgan fingerprint density at radius 2 is 2.55 bits per heavy atom. The van der Waals surface area contributed by atoms with Crippen LogP contribution in [0.25, 0.3) is 0 Å². The lowest BCUT2D eigenvalue weighted by atomic mass is 9.97. The van der Waals surface area contributed by atoms with E-state index < -0.39 is 0 Å². The number of nitrogens with two attached hydrogens (primary N) is 1. The molecule has 0 radical (unpaired) electrons. The Hall–Kier alpha value is -1.18. The van der Waals surface area contributed by atoms with Crippen LogP contribution in [0, 0.1) is 11.3 Å². The zero-order valence-electron chi connectivity index (χ0n) is 6.25. The molecule has 2 unspecified atom stereocenters. The second kappa shape index (κ2) is 1.70. The predicted molar refractivity (Wildman–Crippen MR) is 43.7 cm³/mol. The second-order valence-corrected chi connectivity index (χ2v) is 3.30. The van der Waals surface area contributed by atoms with Gasteiger partial charge in [-0.25, -0.2) is 0 Å². The zero-order chi connectivity index (χ0) is 8.06. The van der Waals surface area contributed by atoms with Crippen molar-refractivity contribution in [2.45, 2.75) is 6.42 Å². The third-order valence-corrected chi connectivity index (χ3v) is 2.56. The molecule has 2 heteroatoms.